The summed E-state index contributed by atoms with van der Waals surface area (Å²) >= 11 is 0. The summed E-state index contributed by atoms with van der Waals surface area (Å²) in [5.41, 5.74) is 1.57. The number of hydrogen-bond acceptors (Lipinski definition) is 2. The zero-order chi connectivity index (χ0) is 9.84. The molecular formula is C11H13NO. The Morgan fingerprint density at radius 3 is 2.46 bits per heavy atom. The van der Waals surface area contributed by atoms with Gasteiger partial charge in [0.2, 0.25) is 0 Å². The number of aliphatic hydroxyl groups excluding tert-OH is 1. The van der Waals surface area contributed by atoms with Crippen molar-refractivity contribution >= 4 is 0 Å². The Kier molecular flexibility index (Phi) is 3.05. The van der Waals surface area contributed by atoms with Crippen LogP contribution in [0, 0.1) is 11.3 Å². The van der Waals surface area contributed by atoms with Gasteiger partial charge in [0, 0.05) is 5.92 Å². The highest BCUT2D eigenvalue weighted by Crippen LogP contribution is 2.22. The van der Waals surface area contributed by atoms with Gasteiger partial charge in [-0.05, 0) is 18.6 Å². The molecule has 1 aromatic carbocycles. The molecule has 0 radical (unpaired) electrons. The van der Waals surface area contributed by atoms with Gasteiger partial charge in [-0.3, -0.25) is 0 Å². The van der Waals surface area contributed by atoms with Crippen molar-refractivity contribution in [2.75, 3.05) is 0 Å². The van der Waals surface area contributed by atoms with E-state index in [0.29, 0.717) is 5.56 Å². The van der Waals surface area contributed by atoms with Gasteiger partial charge in [0.1, 0.15) is 0 Å². The highest BCUT2D eigenvalue weighted by Gasteiger charge is 2.14. The van der Waals surface area contributed by atoms with Gasteiger partial charge in [-0.1, -0.05) is 25.1 Å². The number of rotatable bonds is 2. The highest BCUT2D eigenvalue weighted by molar-refractivity contribution is 5.39. The van der Waals surface area contributed by atoms with Crippen molar-refractivity contribution in [3.63, 3.8) is 0 Å². The van der Waals surface area contributed by atoms with E-state index in [9.17, 15) is 5.11 Å². The Labute approximate surface area is 78.4 Å². The fraction of sp³-hybridized carbons (Fsp3) is 0.364. The van der Waals surface area contributed by atoms with E-state index >= 15 is 0 Å². The molecule has 0 aromatic heterocycles. The number of hydrogen-bond donors (Lipinski definition) is 1. The summed E-state index contributed by atoms with van der Waals surface area (Å²) in [6.45, 7) is 3.65. The van der Waals surface area contributed by atoms with Crippen LogP contribution in [0.1, 0.15) is 30.9 Å². The predicted molar refractivity (Wildman–Crippen MR) is 51.3 cm³/mol. The van der Waals surface area contributed by atoms with E-state index in [0.717, 1.165) is 5.56 Å². The number of nitriles is 1. The quantitative estimate of drug-likeness (QED) is 0.747. The minimum atomic E-state index is -0.422. The smallest absolute Gasteiger partial charge is 0.0994 e. The average molecular weight is 175 g/mol. The van der Waals surface area contributed by atoms with Crippen molar-refractivity contribution in [2.24, 2.45) is 0 Å². The molecule has 0 bridgehead atoms. The van der Waals surface area contributed by atoms with Crippen molar-refractivity contribution in [1.29, 1.82) is 5.26 Å². The largest absolute Gasteiger partial charge is 0.393 e. The maximum Gasteiger partial charge on any atom is 0.0994 e. The fourth-order valence-electron chi connectivity index (χ4n) is 1.26. The maximum atomic E-state index is 9.38. The predicted octanol–water partition coefficient (Wildman–Crippen LogP) is 2.04. The Balaban J connectivity index is 3.07. The molecule has 1 N–H and O–H groups in total. The molecule has 2 heteroatoms. The second-order valence-corrected chi connectivity index (χ2v) is 3.23. The first-order valence-corrected chi connectivity index (χ1v) is 4.34. The van der Waals surface area contributed by atoms with Gasteiger partial charge in [-0.25, -0.2) is 0 Å². The molecule has 0 saturated carbocycles. The first-order valence-electron chi connectivity index (χ1n) is 4.34. The van der Waals surface area contributed by atoms with Gasteiger partial charge in [-0.15, -0.1) is 0 Å². The van der Waals surface area contributed by atoms with Crippen LogP contribution >= 0.6 is 0 Å². The zero-order valence-electron chi connectivity index (χ0n) is 7.86. The lowest BCUT2D eigenvalue weighted by Gasteiger charge is -2.15. The summed E-state index contributed by atoms with van der Waals surface area (Å²) < 4.78 is 0. The molecule has 2 unspecified atom stereocenters. The van der Waals surface area contributed by atoms with Gasteiger partial charge in [-0.2, -0.15) is 5.26 Å². The molecule has 68 valence electrons. The van der Waals surface area contributed by atoms with Crippen molar-refractivity contribution in [3.05, 3.63) is 35.4 Å². The Morgan fingerprint density at radius 1 is 1.31 bits per heavy atom. The lowest BCUT2D eigenvalue weighted by Crippen LogP contribution is -2.12. The second-order valence-electron chi connectivity index (χ2n) is 3.23. The zero-order valence-corrected chi connectivity index (χ0v) is 7.86. The van der Waals surface area contributed by atoms with Gasteiger partial charge in [0.15, 0.2) is 0 Å². The summed E-state index contributed by atoms with van der Waals surface area (Å²) in [5, 5.41) is 18.2. The van der Waals surface area contributed by atoms with Crippen LogP contribution in [-0.4, -0.2) is 11.2 Å². The van der Waals surface area contributed by atoms with E-state index in [1.165, 1.54) is 0 Å². The number of aliphatic hydroxyl groups is 1. The minimum Gasteiger partial charge on any atom is -0.393 e. The van der Waals surface area contributed by atoms with Gasteiger partial charge < -0.3 is 5.11 Å². The third-order valence-electron chi connectivity index (χ3n) is 2.30. The van der Waals surface area contributed by atoms with E-state index in [1.807, 2.05) is 25.1 Å². The van der Waals surface area contributed by atoms with Crippen molar-refractivity contribution in [2.45, 2.75) is 25.9 Å². The summed E-state index contributed by atoms with van der Waals surface area (Å²) in [4.78, 5) is 0. The van der Waals surface area contributed by atoms with Crippen LogP contribution in [0.25, 0.3) is 0 Å². The van der Waals surface area contributed by atoms with Crippen LogP contribution in [0.3, 0.4) is 0 Å². The molecule has 13 heavy (non-hydrogen) atoms. The SMILES string of the molecule is CC(O)C(C)c1ccccc1C#N. The first-order chi connectivity index (χ1) is 6.16. The van der Waals surface area contributed by atoms with Crippen LogP contribution < -0.4 is 0 Å². The van der Waals surface area contributed by atoms with E-state index in [1.54, 1.807) is 13.0 Å². The Bertz CT molecular complexity index is 325. The first kappa shape index (κ1) is 9.76. The molecular weight excluding hydrogens is 162 g/mol. The van der Waals surface area contributed by atoms with Crippen LogP contribution in [-0.2, 0) is 0 Å². The normalized spacial score (nSPS) is 14.6. The molecule has 0 saturated heterocycles. The van der Waals surface area contributed by atoms with Crippen molar-refractivity contribution < 1.29 is 5.11 Å². The standard InChI is InChI=1S/C11H13NO/c1-8(9(2)13)11-6-4-3-5-10(11)7-12/h3-6,8-9,13H,1-2H3. The average Bonchev–Trinajstić information content (AvgIpc) is 2.16. The minimum absolute atomic E-state index is 0.0100. The van der Waals surface area contributed by atoms with Crippen LogP contribution in [0.5, 0.6) is 0 Å². The van der Waals surface area contributed by atoms with E-state index < -0.39 is 6.10 Å². The molecule has 0 spiro atoms. The topological polar surface area (TPSA) is 44.0 Å². The molecule has 0 amide bonds. The third-order valence-corrected chi connectivity index (χ3v) is 2.30. The van der Waals surface area contributed by atoms with E-state index in [4.69, 9.17) is 5.26 Å². The van der Waals surface area contributed by atoms with Gasteiger partial charge in [0.25, 0.3) is 0 Å². The summed E-state index contributed by atoms with van der Waals surface area (Å²) in [6.07, 6.45) is -0.422. The Morgan fingerprint density at radius 2 is 1.92 bits per heavy atom. The summed E-state index contributed by atoms with van der Waals surface area (Å²) in [7, 11) is 0. The molecule has 0 aliphatic heterocycles. The van der Waals surface area contributed by atoms with Crippen LogP contribution in [0.15, 0.2) is 24.3 Å². The Hall–Kier alpha value is -1.33. The molecule has 0 aliphatic rings. The van der Waals surface area contributed by atoms with Crippen LogP contribution in [0.4, 0.5) is 0 Å². The molecule has 1 rings (SSSR count). The van der Waals surface area contributed by atoms with Crippen molar-refractivity contribution in [3.8, 4) is 6.07 Å². The lowest BCUT2D eigenvalue weighted by atomic mass is 9.92. The molecule has 0 heterocycles. The monoisotopic (exact) mass is 175 g/mol. The van der Waals surface area contributed by atoms with E-state index in [2.05, 4.69) is 6.07 Å². The van der Waals surface area contributed by atoms with E-state index in [-0.39, 0.29) is 5.92 Å². The number of nitrogens with zero attached hydrogens (tertiary/aromatic N) is 1. The van der Waals surface area contributed by atoms with Gasteiger partial charge in [0.05, 0.1) is 17.7 Å². The fourth-order valence-corrected chi connectivity index (χ4v) is 1.26. The third kappa shape index (κ3) is 2.07. The lowest BCUT2D eigenvalue weighted by molar-refractivity contribution is 0.169. The molecule has 1 aromatic rings. The maximum absolute atomic E-state index is 9.38. The van der Waals surface area contributed by atoms with Crippen LogP contribution in [0.2, 0.25) is 0 Å². The summed E-state index contributed by atoms with van der Waals surface area (Å²) in [6, 6.07) is 9.49. The highest BCUT2D eigenvalue weighted by atomic mass is 16.3. The molecule has 2 nitrogen and oxygen atoms in total. The second kappa shape index (κ2) is 4.06. The molecule has 2 atom stereocenters. The van der Waals surface area contributed by atoms with Crippen molar-refractivity contribution in [1.82, 2.24) is 0 Å². The summed E-state index contributed by atoms with van der Waals surface area (Å²) in [5.74, 6) is 0.0100. The molecule has 0 fully saturated rings. The number of benzene rings is 1. The molecule has 0 aliphatic carbocycles. The van der Waals surface area contributed by atoms with Gasteiger partial charge >= 0.3 is 0 Å².